The van der Waals surface area contributed by atoms with Crippen molar-refractivity contribution < 1.29 is 9.13 Å². The topological polar surface area (TPSA) is 83.7 Å². The molecule has 8 heteroatoms. The van der Waals surface area contributed by atoms with Crippen LogP contribution in [-0.2, 0) is 0 Å². The largest absolute Gasteiger partial charge is 0.421 e. The smallest absolute Gasteiger partial charge is 0.328 e. The molecule has 0 saturated carbocycles. The first kappa shape index (κ1) is 14.0. The number of aromatic nitrogens is 3. The molecule has 0 aliphatic carbocycles. The van der Waals surface area contributed by atoms with E-state index in [0.29, 0.717) is 6.54 Å². The van der Waals surface area contributed by atoms with Crippen LogP contribution in [0.3, 0.4) is 0 Å². The summed E-state index contributed by atoms with van der Waals surface area (Å²) in [6, 6.07) is 5.49. The maximum absolute atomic E-state index is 13.7. The minimum Gasteiger partial charge on any atom is -0.421 e. The van der Waals surface area contributed by atoms with Gasteiger partial charge in [-0.15, -0.1) is 0 Å². The number of nitrogens with zero attached hydrogens (tertiary/aromatic N) is 4. The Kier molecular flexibility index (Phi) is 4.27. The fourth-order valence-electron chi connectivity index (χ4n) is 1.37. The first-order valence-electron chi connectivity index (χ1n) is 5.65. The maximum Gasteiger partial charge on any atom is 0.328 e. The number of benzene rings is 1. The van der Waals surface area contributed by atoms with Gasteiger partial charge in [0.15, 0.2) is 11.6 Å². The zero-order valence-corrected chi connectivity index (χ0v) is 11.1. The lowest BCUT2D eigenvalue weighted by atomic mass is 10.2. The van der Waals surface area contributed by atoms with Crippen LogP contribution in [-0.4, -0.2) is 21.5 Å². The Bertz CT molecular complexity index is 673. The van der Waals surface area contributed by atoms with Crippen LogP contribution in [0.1, 0.15) is 12.5 Å². The molecule has 2 rings (SSSR count). The standard InChI is InChI=1S/C12H9ClFN5O/c1-2-16-11-17-10(13)18-12(19-11)20-9-4-3-7(6-15)5-8(9)14/h3-5H,2H2,1H3,(H,16,17,18,19). The van der Waals surface area contributed by atoms with E-state index in [-0.39, 0.29) is 28.6 Å². The number of nitrogens with one attached hydrogen (secondary N) is 1. The predicted octanol–water partition coefficient (Wildman–Crippen LogP) is 2.76. The lowest BCUT2D eigenvalue weighted by Crippen LogP contribution is -2.05. The zero-order valence-electron chi connectivity index (χ0n) is 10.4. The van der Waals surface area contributed by atoms with E-state index >= 15 is 0 Å². The first-order chi connectivity index (χ1) is 9.62. The molecule has 0 radical (unpaired) electrons. The molecule has 1 aromatic carbocycles. The second-order valence-corrected chi connectivity index (χ2v) is 3.94. The Morgan fingerprint density at radius 3 is 2.85 bits per heavy atom. The van der Waals surface area contributed by atoms with Gasteiger partial charge in [0, 0.05) is 6.54 Å². The SMILES string of the molecule is CCNc1nc(Cl)nc(Oc2ccc(C#N)cc2F)n1. The summed E-state index contributed by atoms with van der Waals surface area (Å²) in [6.45, 7) is 2.45. The van der Waals surface area contributed by atoms with E-state index < -0.39 is 5.82 Å². The molecule has 2 aromatic rings. The third-order valence-electron chi connectivity index (χ3n) is 2.18. The molecule has 0 spiro atoms. The lowest BCUT2D eigenvalue weighted by molar-refractivity contribution is 0.410. The Morgan fingerprint density at radius 2 is 2.20 bits per heavy atom. The highest BCUT2D eigenvalue weighted by molar-refractivity contribution is 6.28. The van der Waals surface area contributed by atoms with Gasteiger partial charge in [0.2, 0.25) is 11.2 Å². The summed E-state index contributed by atoms with van der Waals surface area (Å²) < 4.78 is 18.9. The number of anilines is 1. The number of nitriles is 1. The normalized spacial score (nSPS) is 9.90. The van der Waals surface area contributed by atoms with Crippen molar-refractivity contribution in [2.75, 3.05) is 11.9 Å². The molecular formula is C12H9ClFN5O. The van der Waals surface area contributed by atoms with Crippen molar-refractivity contribution in [2.45, 2.75) is 6.92 Å². The minimum atomic E-state index is -0.689. The van der Waals surface area contributed by atoms with Gasteiger partial charge >= 0.3 is 6.01 Å². The number of ether oxygens (including phenoxy) is 1. The van der Waals surface area contributed by atoms with E-state index in [0.717, 1.165) is 6.07 Å². The van der Waals surface area contributed by atoms with Crippen molar-refractivity contribution in [3.63, 3.8) is 0 Å². The molecule has 1 N–H and O–H groups in total. The van der Waals surface area contributed by atoms with Crippen LogP contribution in [0, 0.1) is 17.1 Å². The summed E-state index contributed by atoms with van der Waals surface area (Å²) in [5.41, 5.74) is 0.192. The molecule has 0 atom stereocenters. The van der Waals surface area contributed by atoms with Crippen molar-refractivity contribution in [3.05, 3.63) is 34.9 Å². The van der Waals surface area contributed by atoms with Gasteiger partial charge in [0.05, 0.1) is 11.6 Å². The van der Waals surface area contributed by atoms with Crippen LogP contribution in [0.15, 0.2) is 18.2 Å². The third kappa shape index (κ3) is 3.30. The molecule has 0 bridgehead atoms. The zero-order chi connectivity index (χ0) is 14.5. The molecule has 0 fully saturated rings. The van der Waals surface area contributed by atoms with E-state index in [2.05, 4.69) is 20.3 Å². The Hall–Kier alpha value is -2.46. The fourth-order valence-corrected chi connectivity index (χ4v) is 1.52. The number of halogens is 2. The van der Waals surface area contributed by atoms with Gasteiger partial charge in [-0.05, 0) is 36.7 Å². The van der Waals surface area contributed by atoms with Crippen molar-refractivity contribution >= 4 is 17.5 Å². The summed E-state index contributed by atoms with van der Waals surface area (Å²) in [5, 5.41) is 11.4. The van der Waals surface area contributed by atoms with Gasteiger partial charge < -0.3 is 10.1 Å². The molecular weight excluding hydrogens is 285 g/mol. The molecule has 0 amide bonds. The molecule has 102 valence electrons. The summed E-state index contributed by atoms with van der Waals surface area (Å²) in [4.78, 5) is 11.5. The van der Waals surface area contributed by atoms with Crippen molar-refractivity contribution in [3.8, 4) is 17.8 Å². The van der Waals surface area contributed by atoms with Gasteiger partial charge in [0.25, 0.3) is 0 Å². The van der Waals surface area contributed by atoms with Gasteiger partial charge in [-0.25, -0.2) is 4.39 Å². The van der Waals surface area contributed by atoms with Crippen molar-refractivity contribution in [2.24, 2.45) is 0 Å². The minimum absolute atomic E-state index is 0.0694. The number of hydrogen-bond donors (Lipinski definition) is 1. The van der Waals surface area contributed by atoms with E-state index in [9.17, 15) is 4.39 Å². The number of rotatable bonds is 4. The average Bonchev–Trinajstić information content (AvgIpc) is 2.41. The quantitative estimate of drug-likeness (QED) is 0.933. The summed E-state index contributed by atoms with van der Waals surface area (Å²) in [5.74, 6) is -0.559. The summed E-state index contributed by atoms with van der Waals surface area (Å²) in [6.07, 6.45) is 0. The maximum atomic E-state index is 13.7. The predicted molar refractivity (Wildman–Crippen MR) is 70.2 cm³/mol. The molecule has 20 heavy (non-hydrogen) atoms. The highest BCUT2D eigenvalue weighted by Gasteiger charge is 2.10. The van der Waals surface area contributed by atoms with Crippen molar-refractivity contribution in [1.82, 2.24) is 15.0 Å². The van der Waals surface area contributed by atoms with Crippen molar-refractivity contribution in [1.29, 1.82) is 5.26 Å². The Labute approximate surface area is 119 Å². The second kappa shape index (κ2) is 6.12. The first-order valence-corrected chi connectivity index (χ1v) is 6.03. The summed E-state index contributed by atoms with van der Waals surface area (Å²) in [7, 11) is 0. The van der Waals surface area contributed by atoms with Gasteiger partial charge in [-0.1, -0.05) is 0 Å². The average molecular weight is 294 g/mol. The molecule has 6 nitrogen and oxygen atoms in total. The van der Waals surface area contributed by atoms with E-state index in [1.165, 1.54) is 12.1 Å². The second-order valence-electron chi connectivity index (χ2n) is 3.60. The fraction of sp³-hybridized carbons (Fsp3) is 0.167. The van der Waals surface area contributed by atoms with E-state index in [4.69, 9.17) is 21.6 Å². The highest BCUT2D eigenvalue weighted by Crippen LogP contribution is 2.23. The highest BCUT2D eigenvalue weighted by atomic mass is 35.5. The lowest BCUT2D eigenvalue weighted by Gasteiger charge is -2.07. The Balaban J connectivity index is 2.28. The van der Waals surface area contributed by atoms with E-state index in [1.807, 2.05) is 13.0 Å². The Morgan fingerprint density at radius 1 is 1.40 bits per heavy atom. The van der Waals surface area contributed by atoms with Crippen LogP contribution in [0.2, 0.25) is 5.28 Å². The van der Waals surface area contributed by atoms with Gasteiger partial charge in [0.1, 0.15) is 0 Å². The third-order valence-corrected chi connectivity index (χ3v) is 2.35. The van der Waals surface area contributed by atoms with Crippen LogP contribution >= 0.6 is 11.6 Å². The molecule has 0 aliphatic rings. The van der Waals surface area contributed by atoms with Gasteiger partial charge in [-0.3, -0.25) is 0 Å². The monoisotopic (exact) mass is 293 g/mol. The molecule has 0 unspecified atom stereocenters. The molecule has 1 heterocycles. The van der Waals surface area contributed by atoms with Crippen LogP contribution in [0.5, 0.6) is 11.8 Å². The summed E-state index contributed by atoms with van der Waals surface area (Å²) >= 11 is 5.72. The molecule has 1 aromatic heterocycles. The molecule has 0 aliphatic heterocycles. The number of hydrogen-bond acceptors (Lipinski definition) is 6. The van der Waals surface area contributed by atoms with E-state index in [1.54, 1.807) is 0 Å². The van der Waals surface area contributed by atoms with Gasteiger partial charge in [-0.2, -0.15) is 20.2 Å². The molecule has 0 saturated heterocycles. The van der Waals surface area contributed by atoms with Crippen LogP contribution in [0.25, 0.3) is 0 Å². The van der Waals surface area contributed by atoms with Crippen LogP contribution < -0.4 is 10.1 Å². The van der Waals surface area contributed by atoms with Crippen LogP contribution in [0.4, 0.5) is 10.3 Å².